The molecule has 2 aromatic rings. The minimum atomic E-state index is -0.420. The standard InChI is InChI=1S/C23H26ClN3O2/c24-19-11-25-9-8-17(19)12-27-13-20(28)23(14-27)18(10-26-22(29)16-6-7-16)21(23)15-4-2-1-3-5-15/h1-5,8-9,11,16,18,20-21,28H,6-7,10,12-14H2,(H,26,29)/t18-,20-,21-,23-/m1/s1. The van der Waals surface area contributed by atoms with Crippen molar-refractivity contribution in [3.8, 4) is 0 Å². The third-order valence-electron chi connectivity index (χ3n) is 6.97. The zero-order chi connectivity index (χ0) is 20.0. The van der Waals surface area contributed by atoms with Crippen molar-refractivity contribution in [2.45, 2.75) is 31.4 Å². The van der Waals surface area contributed by atoms with Crippen LogP contribution in [-0.2, 0) is 11.3 Å². The first-order valence-electron chi connectivity index (χ1n) is 10.4. The maximum atomic E-state index is 12.2. The molecule has 0 radical (unpaired) electrons. The normalized spacial score (nSPS) is 31.2. The lowest BCUT2D eigenvalue weighted by Crippen LogP contribution is -2.31. The Kier molecular flexibility index (Phi) is 4.85. The van der Waals surface area contributed by atoms with Crippen molar-refractivity contribution in [2.24, 2.45) is 17.3 Å². The van der Waals surface area contributed by atoms with Crippen molar-refractivity contribution >= 4 is 17.5 Å². The van der Waals surface area contributed by atoms with Crippen molar-refractivity contribution in [3.05, 3.63) is 64.9 Å². The minimum absolute atomic E-state index is 0.173. The van der Waals surface area contributed by atoms with Crippen molar-refractivity contribution in [1.29, 1.82) is 0 Å². The Morgan fingerprint density at radius 3 is 2.79 bits per heavy atom. The fourth-order valence-electron chi connectivity index (χ4n) is 5.29. The van der Waals surface area contributed by atoms with E-state index in [0.717, 1.165) is 24.9 Å². The van der Waals surface area contributed by atoms with Crippen LogP contribution in [0, 0.1) is 17.3 Å². The molecule has 3 fully saturated rings. The number of halogens is 1. The summed E-state index contributed by atoms with van der Waals surface area (Å²) in [5, 5.41) is 14.9. The molecular formula is C23H26ClN3O2. The van der Waals surface area contributed by atoms with Gasteiger partial charge in [-0.1, -0.05) is 41.9 Å². The molecule has 152 valence electrons. The highest BCUT2D eigenvalue weighted by molar-refractivity contribution is 6.31. The van der Waals surface area contributed by atoms with Gasteiger partial charge in [-0.3, -0.25) is 14.7 Å². The van der Waals surface area contributed by atoms with Crippen LogP contribution in [0.15, 0.2) is 48.8 Å². The molecule has 1 amide bonds. The lowest BCUT2D eigenvalue weighted by atomic mass is 9.95. The molecule has 5 nitrogen and oxygen atoms in total. The number of benzene rings is 1. The summed E-state index contributed by atoms with van der Waals surface area (Å²) in [6.45, 7) is 2.75. The van der Waals surface area contributed by atoms with E-state index in [1.54, 1.807) is 12.4 Å². The number of nitrogens with zero attached hydrogens (tertiary/aromatic N) is 2. The summed E-state index contributed by atoms with van der Waals surface area (Å²) in [4.78, 5) is 18.5. The largest absolute Gasteiger partial charge is 0.391 e. The van der Waals surface area contributed by atoms with Crippen LogP contribution in [0.2, 0.25) is 5.02 Å². The Morgan fingerprint density at radius 2 is 2.07 bits per heavy atom. The second-order valence-corrected chi connectivity index (χ2v) is 9.19. The van der Waals surface area contributed by atoms with Gasteiger partial charge in [0, 0.05) is 49.9 Å². The number of amides is 1. The Morgan fingerprint density at radius 1 is 1.28 bits per heavy atom. The minimum Gasteiger partial charge on any atom is -0.391 e. The highest BCUT2D eigenvalue weighted by Crippen LogP contribution is 2.68. The first-order chi connectivity index (χ1) is 14.1. The summed E-state index contributed by atoms with van der Waals surface area (Å²) in [7, 11) is 0. The van der Waals surface area contributed by atoms with E-state index in [0.29, 0.717) is 24.7 Å². The van der Waals surface area contributed by atoms with E-state index in [1.165, 1.54) is 5.56 Å². The number of carbonyl (C=O) groups excluding carboxylic acids is 1. The van der Waals surface area contributed by atoms with Crippen molar-refractivity contribution in [1.82, 2.24) is 15.2 Å². The van der Waals surface area contributed by atoms with Gasteiger partial charge in [0.15, 0.2) is 0 Å². The summed E-state index contributed by atoms with van der Waals surface area (Å²) in [5.41, 5.74) is 2.07. The average Bonchev–Trinajstić information content (AvgIpc) is 3.62. The fraction of sp³-hybridized carbons (Fsp3) is 0.478. The monoisotopic (exact) mass is 411 g/mol. The number of nitrogens with one attached hydrogen (secondary N) is 1. The van der Waals surface area contributed by atoms with E-state index in [9.17, 15) is 9.90 Å². The molecule has 1 aliphatic heterocycles. The van der Waals surface area contributed by atoms with Gasteiger partial charge in [0.25, 0.3) is 0 Å². The number of likely N-dealkylation sites (tertiary alicyclic amines) is 1. The number of pyridine rings is 1. The molecule has 0 bridgehead atoms. The number of aliphatic hydroxyl groups is 1. The smallest absolute Gasteiger partial charge is 0.223 e. The number of aromatic nitrogens is 1. The first kappa shape index (κ1) is 19.0. The lowest BCUT2D eigenvalue weighted by molar-refractivity contribution is -0.122. The van der Waals surface area contributed by atoms with Crippen molar-refractivity contribution in [3.63, 3.8) is 0 Å². The number of hydrogen-bond acceptors (Lipinski definition) is 4. The van der Waals surface area contributed by atoms with Gasteiger partial charge in [0.1, 0.15) is 0 Å². The third-order valence-corrected chi connectivity index (χ3v) is 7.31. The van der Waals surface area contributed by atoms with Gasteiger partial charge in [-0.25, -0.2) is 0 Å². The average molecular weight is 412 g/mol. The molecule has 1 aromatic carbocycles. The van der Waals surface area contributed by atoms with Crippen LogP contribution in [0.3, 0.4) is 0 Å². The van der Waals surface area contributed by atoms with Gasteiger partial charge in [-0.15, -0.1) is 0 Å². The molecule has 4 atom stereocenters. The second-order valence-electron chi connectivity index (χ2n) is 8.78. The van der Waals surface area contributed by atoms with Crippen LogP contribution in [0.1, 0.15) is 29.9 Å². The maximum absolute atomic E-state index is 12.2. The van der Waals surface area contributed by atoms with Crippen LogP contribution < -0.4 is 5.32 Å². The Labute approximate surface area is 176 Å². The van der Waals surface area contributed by atoms with Crippen molar-refractivity contribution < 1.29 is 9.90 Å². The zero-order valence-electron chi connectivity index (χ0n) is 16.3. The van der Waals surface area contributed by atoms with E-state index >= 15 is 0 Å². The van der Waals surface area contributed by atoms with Crippen LogP contribution in [0.25, 0.3) is 0 Å². The molecule has 2 heterocycles. The molecule has 6 heteroatoms. The molecule has 0 unspecified atom stereocenters. The van der Waals surface area contributed by atoms with Gasteiger partial charge in [-0.2, -0.15) is 0 Å². The first-order valence-corrected chi connectivity index (χ1v) is 10.8. The fourth-order valence-corrected chi connectivity index (χ4v) is 5.47. The number of hydrogen-bond donors (Lipinski definition) is 2. The maximum Gasteiger partial charge on any atom is 0.223 e. The summed E-state index contributed by atoms with van der Waals surface area (Å²) >= 11 is 6.30. The molecule has 5 rings (SSSR count). The molecule has 2 N–H and O–H groups in total. The van der Waals surface area contributed by atoms with E-state index in [2.05, 4.69) is 39.5 Å². The van der Waals surface area contributed by atoms with E-state index in [-0.39, 0.29) is 29.1 Å². The number of rotatable bonds is 6. The summed E-state index contributed by atoms with van der Waals surface area (Å²) in [6.07, 6.45) is 5.01. The predicted octanol–water partition coefficient (Wildman–Crippen LogP) is 2.84. The molecular weight excluding hydrogens is 386 g/mol. The number of β-amino-alcohol motifs (C(OH)–C–C–N with tert-alkyl or cyclic N) is 1. The summed E-state index contributed by atoms with van der Waals surface area (Å²) in [6, 6.07) is 12.3. The quantitative estimate of drug-likeness (QED) is 0.767. The zero-order valence-corrected chi connectivity index (χ0v) is 17.1. The Hall–Kier alpha value is -1.95. The molecule has 3 aliphatic rings. The highest BCUT2D eigenvalue weighted by atomic mass is 35.5. The second kappa shape index (κ2) is 7.38. The predicted molar refractivity (Wildman–Crippen MR) is 111 cm³/mol. The molecule has 1 saturated heterocycles. The highest BCUT2D eigenvalue weighted by Gasteiger charge is 2.70. The Bertz CT molecular complexity index is 904. The SMILES string of the molecule is O=C(NC[C@@H]1[C@@H](c2ccccc2)[C@]12CN(Cc1ccncc1Cl)C[C@H]2O)C1CC1. The van der Waals surface area contributed by atoms with Gasteiger partial charge < -0.3 is 10.4 Å². The van der Waals surface area contributed by atoms with Crippen LogP contribution in [-0.4, -0.2) is 46.6 Å². The molecule has 2 saturated carbocycles. The summed E-state index contributed by atoms with van der Waals surface area (Å²) in [5.74, 6) is 0.891. The Balaban J connectivity index is 1.35. The number of carbonyl (C=O) groups is 1. The van der Waals surface area contributed by atoms with Gasteiger partial charge in [-0.05, 0) is 41.9 Å². The molecule has 1 spiro atoms. The van der Waals surface area contributed by atoms with Crippen LogP contribution >= 0.6 is 11.6 Å². The van der Waals surface area contributed by atoms with Gasteiger partial charge in [0.05, 0.1) is 11.1 Å². The van der Waals surface area contributed by atoms with Crippen molar-refractivity contribution in [2.75, 3.05) is 19.6 Å². The topological polar surface area (TPSA) is 65.5 Å². The van der Waals surface area contributed by atoms with Crippen LogP contribution in [0.5, 0.6) is 0 Å². The van der Waals surface area contributed by atoms with Crippen LogP contribution in [0.4, 0.5) is 0 Å². The summed E-state index contributed by atoms with van der Waals surface area (Å²) < 4.78 is 0. The van der Waals surface area contributed by atoms with E-state index in [4.69, 9.17) is 11.6 Å². The lowest BCUT2D eigenvalue weighted by Gasteiger charge is -2.17. The molecule has 1 aromatic heterocycles. The third kappa shape index (κ3) is 3.45. The molecule has 29 heavy (non-hydrogen) atoms. The van der Waals surface area contributed by atoms with E-state index < -0.39 is 6.10 Å². The van der Waals surface area contributed by atoms with Gasteiger partial charge in [0.2, 0.25) is 5.91 Å². The molecule has 2 aliphatic carbocycles. The van der Waals surface area contributed by atoms with E-state index in [1.807, 2.05) is 12.1 Å². The van der Waals surface area contributed by atoms with Gasteiger partial charge >= 0.3 is 0 Å². The number of aliphatic hydroxyl groups excluding tert-OH is 1.